The minimum atomic E-state index is -0.409. The van der Waals surface area contributed by atoms with Gasteiger partial charge in [0.25, 0.3) is 0 Å². The van der Waals surface area contributed by atoms with Crippen molar-refractivity contribution >= 4 is 16.9 Å². The van der Waals surface area contributed by atoms with Gasteiger partial charge in [0.1, 0.15) is 0 Å². The topological polar surface area (TPSA) is 3.24 Å². The van der Waals surface area contributed by atoms with E-state index in [2.05, 4.69) is 226 Å². The molecule has 0 saturated carbocycles. The average molecular weight is 768 g/mol. The SMILES string of the molecule is C[C@H]1CC2=C(C=C1N(c1ccc(-c3ccc(-c4ccccc4)cc3)cc1)c1cccc3c1-c1ccccc1C31c3ccccc3-c3ccccc31)C(C)(C)c1ccccc12. The molecule has 0 unspecified atom stereocenters. The van der Waals surface area contributed by atoms with Crippen LogP contribution in [-0.4, -0.2) is 0 Å². The lowest BCUT2D eigenvalue weighted by Gasteiger charge is -2.37. The van der Waals surface area contributed by atoms with Crippen molar-refractivity contribution in [1.29, 1.82) is 0 Å². The summed E-state index contributed by atoms with van der Waals surface area (Å²) in [6.07, 6.45) is 3.57. The third kappa shape index (κ3) is 4.81. The van der Waals surface area contributed by atoms with Crippen molar-refractivity contribution in [3.05, 3.63) is 245 Å². The van der Waals surface area contributed by atoms with Gasteiger partial charge in [-0.15, -0.1) is 0 Å². The van der Waals surface area contributed by atoms with Crippen LogP contribution in [0.15, 0.2) is 211 Å². The molecule has 0 N–H and O–H groups in total. The van der Waals surface area contributed by atoms with Crippen molar-refractivity contribution in [2.45, 2.75) is 38.0 Å². The maximum atomic E-state index is 2.62. The Balaban J connectivity index is 1.07. The van der Waals surface area contributed by atoms with Gasteiger partial charge in [0.2, 0.25) is 0 Å². The fourth-order valence-corrected chi connectivity index (χ4v) is 11.5. The van der Waals surface area contributed by atoms with E-state index < -0.39 is 5.41 Å². The van der Waals surface area contributed by atoms with E-state index >= 15 is 0 Å². The molecule has 0 bridgehead atoms. The van der Waals surface area contributed by atoms with Crippen LogP contribution in [0, 0.1) is 5.92 Å². The van der Waals surface area contributed by atoms with Crippen molar-refractivity contribution in [3.63, 3.8) is 0 Å². The highest BCUT2D eigenvalue weighted by molar-refractivity contribution is 6.00. The van der Waals surface area contributed by atoms with Crippen LogP contribution in [0.3, 0.4) is 0 Å². The van der Waals surface area contributed by atoms with Gasteiger partial charge in [-0.2, -0.15) is 0 Å². The van der Waals surface area contributed by atoms with E-state index in [1.54, 1.807) is 0 Å². The number of benzene rings is 8. The zero-order valence-corrected chi connectivity index (χ0v) is 34.3. The molecule has 0 fully saturated rings. The zero-order valence-electron chi connectivity index (χ0n) is 34.3. The summed E-state index contributed by atoms with van der Waals surface area (Å²) in [7, 11) is 0. The number of fused-ring (bicyclic) bond motifs is 12. The molecule has 1 nitrogen and oxygen atoms in total. The van der Waals surface area contributed by atoms with Crippen LogP contribution in [0.2, 0.25) is 0 Å². The van der Waals surface area contributed by atoms with E-state index in [1.165, 1.54) is 106 Å². The van der Waals surface area contributed by atoms with Gasteiger partial charge in [0, 0.05) is 28.3 Å². The van der Waals surface area contributed by atoms with Crippen molar-refractivity contribution in [3.8, 4) is 44.5 Å². The molecule has 1 heteroatoms. The minimum Gasteiger partial charge on any atom is -0.313 e. The summed E-state index contributed by atoms with van der Waals surface area (Å²) in [5, 5.41) is 0. The lowest BCUT2D eigenvalue weighted by atomic mass is 9.70. The Hall–Kier alpha value is -6.96. The van der Waals surface area contributed by atoms with E-state index in [1.807, 2.05) is 0 Å². The quantitative estimate of drug-likeness (QED) is 0.169. The number of rotatable bonds is 5. The van der Waals surface area contributed by atoms with Crippen LogP contribution in [0.1, 0.15) is 60.6 Å². The molecular formula is C59H45N. The first kappa shape index (κ1) is 35.0. The summed E-state index contributed by atoms with van der Waals surface area (Å²) in [6, 6.07) is 72.6. The number of hydrogen-bond acceptors (Lipinski definition) is 1. The van der Waals surface area contributed by atoms with Crippen LogP contribution in [-0.2, 0) is 10.8 Å². The van der Waals surface area contributed by atoms with Crippen LogP contribution in [0.4, 0.5) is 11.4 Å². The highest BCUT2D eigenvalue weighted by Crippen LogP contribution is 2.65. The van der Waals surface area contributed by atoms with Gasteiger partial charge >= 0.3 is 0 Å². The van der Waals surface area contributed by atoms with Gasteiger partial charge in [-0.3, -0.25) is 0 Å². The van der Waals surface area contributed by atoms with Crippen molar-refractivity contribution in [1.82, 2.24) is 0 Å². The summed E-state index contributed by atoms with van der Waals surface area (Å²) in [4.78, 5) is 2.62. The Bertz CT molecular complexity index is 3040. The van der Waals surface area contributed by atoms with Gasteiger partial charge < -0.3 is 4.90 Å². The predicted octanol–water partition coefficient (Wildman–Crippen LogP) is 15.2. The largest absolute Gasteiger partial charge is 0.313 e. The second-order valence-electron chi connectivity index (χ2n) is 17.6. The maximum absolute atomic E-state index is 2.62. The zero-order chi connectivity index (χ0) is 40.2. The molecular weight excluding hydrogens is 723 g/mol. The standard InChI is InChI=1S/C59H45N/c1-38-36-48-46-20-7-11-22-49(46)58(2,3)54(48)37-56(38)60(43-34-32-42(33-35-43)41-30-28-40(29-31-41)39-16-5-4-6-17-39)55-27-15-26-53-57(55)47-21-10-14-25-52(47)59(53)50-23-12-8-18-44(50)45-19-9-13-24-51(45)59/h4-35,37-38H,36H2,1-3H3/t38-/m0/s1. The number of hydrogen-bond donors (Lipinski definition) is 0. The molecule has 0 aromatic heterocycles. The van der Waals surface area contributed by atoms with Gasteiger partial charge in [-0.25, -0.2) is 0 Å². The molecule has 0 radical (unpaired) electrons. The predicted molar refractivity (Wildman–Crippen MR) is 250 cm³/mol. The van der Waals surface area contributed by atoms with Crippen LogP contribution >= 0.6 is 0 Å². The van der Waals surface area contributed by atoms with Crippen molar-refractivity contribution < 1.29 is 0 Å². The van der Waals surface area contributed by atoms with Gasteiger partial charge in [0.05, 0.1) is 11.1 Å². The summed E-state index contributed by atoms with van der Waals surface area (Å²) in [5.41, 5.74) is 24.7. The molecule has 1 spiro atoms. The molecule has 12 rings (SSSR count). The second kappa shape index (κ2) is 13.0. The second-order valence-corrected chi connectivity index (χ2v) is 17.6. The molecule has 8 aromatic carbocycles. The molecule has 0 saturated heterocycles. The van der Waals surface area contributed by atoms with E-state index in [0.717, 1.165) is 6.42 Å². The first-order valence-electron chi connectivity index (χ1n) is 21.5. The molecule has 4 aliphatic carbocycles. The average Bonchev–Trinajstić information content (AvgIpc) is 3.86. The fourth-order valence-electron chi connectivity index (χ4n) is 11.5. The van der Waals surface area contributed by atoms with Gasteiger partial charge in [-0.1, -0.05) is 197 Å². The van der Waals surface area contributed by atoms with E-state index in [0.29, 0.717) is 0 Å². The molecule has 60 heavy (non-hydrogen) atoms. The number of nitrogens with zero attached hydrogens (tertiary/aromatic N) is 1. The molecule has 8 aromatic rings. The third-order valence-corrected chi connectivity index (χ3v) is 14.2. The molecule has 0 aliphatic heterocycles. The fraction of sp³-hybridized carbons (Fsp3) is 0.119. The number of allylic oxidation sites excluding steroid dienone is 4. The van der Waals surface area contributed by atoms with Crippen molar-refractivity contribution in [2.24, 2.45) is 5.92 Å². The Kier molecular flexibility index (Phi) is 7.60. The molecule has 1 atom stereocenters. The minimum absolute atomic E-state index is 0.0919. The van der Waals surface area contributed by atoms with Gasteiger partial charge in [-0.05, 0) is 114 Å². The highest BCUT2D eigenvalue weighted by Gasteiger charge is 2.52. The summed E-state index contributed by atoms with van der Waals surface area (Å²) < 4.78 is 0. The van der Waals surface area contributed by atoms with Crippen LogP contribution in [0.25, 0.3) is 50.1 Å². The lowest BCUT2D eigenvalue weighted by Crippen LogP contribution is -2.27. The summed E-state index contributed by atoms with van der Waals surface area (Å²) >= 11 is 0. The Morgan fingerprint density at radius 1 is 0.433 bits per heavy atom. The first-order valence-corrected chi connectivity index (χ1v) is 21.5. The normalized spacial score (nSPS) is 17.0. The Morgan fingerprint density at radius 2 is 0.900 bits per heavy atom. The maximum Gasteiger partial charge on any atom is 0.0726 e. The van der Waals surface area contributed by atoms with E-state index in [4.69, 9.17) is 0 Å². The molecule has 4 aliphatic rings. The molecule has 0 amide bonds. The number of anilines is 2. The molecule has 286 valence electrons. The third-order valence-electron chi connectivity index (χ3n) is 14.2. The molecule has 0 heterocycles. The van der Waals surface area contributed by atoms with E-state index in [9.17, 15) is 0 Å². The van der Waals surface area contributed by atoms with Crippen LogP contribution in [0.5, 0.6) is 0 Å². The van der Waals surface area contributed by atoms with Gasteiger partial charge in [0.15, 0.2) is 0 Å². The lowest BCUT2D eigenvalue weighted by molar-refractivity contribution is 0.627. The van der Waals surface area contributed by atoms with E-state index in [-0.39, 0.29) is 11.3 Å². The van der Waals surface area contributed by atoms with Crippen molar-refractivity contribution in [2.75, 3.05) is 4.90 Å². The monoisotopic (exact) mass is 767 g/mol. The summed E-state index contributed by atoms with van der Waals surface area (Å²) in [5.74, 6) is 0.283. The Morgan fingerprint density at radius 3 is 1.52 bits per heavy atom. The Labute approximate surface area is 353 Å². The van der Waals surface area contributed by atoms with Crippen LogP contribution < -0.4 is 4.90 Å². The first-order chi connectivity index (χ1) is 29.4. The highest BCUT2D eigenvalue weighted by atomic mass is 15.2. The smallest absolute Gasteiger partial charge is 0.0726 e. The summed E-state index contributed by atoms with van der Waals surface area (Å²) in [6.45, 7) is 7.26.